The van der Waals surface area contributed by atoms with Crippen LogP contribution in [0.15, 0.2) is 41.3 Å². The van der Waals surface area contributed by atoms with Crippen molar-refractivity contribution in [2.24, 2.45) is 0 Å². The van der Waals surface area contributed by atoms with Gasteiger partial charge in [0.05, 0.1) is 0 Å². The van der Waals surface area contributed by atoms with Crippen LogP contribution < -0.4 is 10.9 Å². The predicted molar refractivity (Wildman–Crippen MR) is 76.0 cm³/mol. The van der Waals surface area contributed by atoms with Gasteiger partial charge in [-0.3, -0.25) is 4.79 Å². The summed E-state index contributed by atoms with van der Waals surface area (Å²) in [6, 6.07) is 10.2. The first-order chi connectivity index (χ1) is 8.72. The van der Waals surface area contributed by atoms with E-state index >= 15 is 0 Å². The number of fused-ring (bicyclic) bond motifs is 1. The van der Waals surface area contributed by atoms with E-state index in [-0.39, 0.29) is 5.56 Å². The highest BCUT2D eigenvalue weighted by atomic mass is 16.1. The number of rotatable bonds is 5. The summed E-state index contributed by atoms with van der Waals surface area (Å²) in [6.07, 6.45) is 2.98. The zero-order valence-electron chi connectivity index (χ0n) is 11.0. The normalized spacial score (nSPS) is 12.8. The zero-order chi connectivity index (χ0) is 13.0. The summed E-state index contributed by atoms with van der Waals surface area (Å²) in [5.74, 6) is 0. The maximum Gasteiger partial charge on any atom is 0.258 e. The van der Waals surface area contributed by atoms with Crippen molar-refractivity contribution in [2.75, 3.05) is 6.54 Å². The fourth-order valence-corrected chi connectivity index (χ4v) is 1.98. The average molecular weight is 244 g/mol. The van der Waals surface area contributed by atoms with Gasteiger partial charge in [-0.2, -0.15) is 0 Å². The zero-order valence-corrected chi connectivity index (χ0v) is 11.0. The Hall–Kier alpha value is -1.61. The highest BCUT2D eigenvalue weighted by Crippen LogP contribution is 2.07. The summed E-state index contributed by atoms with van der Waals surface area (Å²) in [7, 11) is 0. The highest BCUT2D eigenvalue weighted by molar-refractivity contribution is 5.81. The maximum atomic E-state index is 12.2. The van der Waals surface area contributed by atoms with Gasteiger partial charge in [0.1, 0.15) is 0 Å². The van der Waals surface area contributed by atoms with Gasteiger partial charge in [-0.15, -0.1) is 0 Å². The third kappa shape index (κ3) is 2.79. The summed E-state index contributed by atoms with van der Waals surface area (Å²) < 4.78 is 1.78. The van der Waals surface area contributed by atoms with E-state index < -0.39 is 0 Å². The molecule has 2 aromatic rings. The van der Waals surface area contributed by atoms with Gasteiger partial charge in [0.15, 0.2) is 0 Å². The second kappa shape index (κ2) is 5.83. The first kappa shape index (κ1) is 12.8. The topological polar surface area (TPSA) is 34.0 Å². The van der Waals surface area contributed by atoms with Crippen LogP contribution >= 0.6 is 0 Å². The molecule has 1 atom stereocenters. The fourth-order valence-electron chi connectivity index (χ4n) is 1.98. The van der Waals surface area contributed by atoms with Crippen molar-refractivity contribution in [3.05, 3.63) is 46.9 Å². The third-order valence-electron chi connectivity index (χ3n) is 3.34. The maximum absolute atomic E-state index is 12.2. The van der Waals surface area contributed by atoms with Gasteiger partial charge in [0.2, 0.25) is 0 Å². The SMILES string of the molecule is CCC(C)NCCn1ccc2ccccc2c1=O. The molecule has 0 bridgehead atoms. The molecule has 1 aromatic heterocycles. The molecule has 2 rings (SSSR count). The number of hydrogen-bond donors (Lipinski definition) is 1. The number of nitrogens with zero attached hydrogens (tertiary/aromatic N) is 1. The van der Waals surface area contributed by atoms with E-state index in [0.717, 1.165) is 23.7 Å². The Bertz CT molecular complexity index is 574. The molecule has 1 aromatic carbocycles. The van der Waals surface area contributed by atoms with E-state index in [9.17, 15) is 4.79 Å². The van der Waals surface area contributed by atoms with E-state index in [1.807, 2.05) is 36.5 Å². The molecule has 0 saturated carbocycles. The van der Waals surface area contributed by atoms with Crippen molar-refractivity contribution in [3.8, 4) is 0 Å². The van der Waals surface area contributed by atoms with Crippen LogP contribution in [0.5, 0.6) is 0 Å². The van der Waals surface area contributed by atoms with E-state index in [0.29, 0.717) is 12.6 Å². The summed E-state index contributed by atoms with van der Waals surface area (Å²) >= 11 is 0. The van der Waals surface area contributed by atoms with Gasteiger partial charge in [-0.25, -0.2) is 0 Å². The molecule has 0 aliphatic carbocycles. The van der Waals surface area contributed by atoms with Crippen LogP contribution in [0.4, 0.5) is 0 Å². The first-order valence-electron chi connectivity index (χ1n) is 6.54. The molecule has 0 aliphatic rings. The molecule has 0 spiro atoms. The largest absolute Gasteiger partial charge is 0.314 e. The lowest BCUT2D eigenvalue weighted by atomic mass is 10.2. The Morgan fingerprint density at radius 3 is 2.83 bits per heavy atom. The third-order valence-corrected chi connectivity index (χ3v) is 3.34. The Morgan fingerprint density at radius 2 is 2.06 bits per heavy atom. The highest BCUT2D eigenvalue weighted by Gasteiger charge is 2.02. The van der Waals surface area contributed by atoms with E-state index in [4.69, 9.17) is 0 Å². The first-order valence-corrected chi connectivity index (χ1v) is 6.54. The van der Waals surface area contributed by atoms with Crippen LogP contribution in [0.1, 0.15) is 20.3 Å². The van der Waals surface area contributed by atoms with Crippen LogP contribution in [0, 0.1) is 0 Å². The van der Waals surface area contributed by atoms with Crippen LogP contribution in [0.3, 0.4) is 0 Å². The van der Waals surface area contributed by atoms with Gasteiger partial charge < -0.3 is 9.88 Å². The number of nitrogens with one attached hydrogen (secondary N) is 1. The van der Waals surface area contributed by atoms with Crippen LogP contribution in [-0.2, 0) is 6.54 Å². The molecule has 3 nitrogen and oxygen atoms in total. The van der Waals surface area contributed by atoms with E-state index in [2.05, 4.69) is 19.2 Å². The van der Waals surface area contributed by atoms with Crippen LogP contribution in [0.25, 0.3) is 10.8 Å². The lowest BCUT2D eigenvalue weighted by Crippen LogP contribution is -2.31. The standard InChI is InChI=1S/C15H20N2O/c1-3-12(2)16-9-11-17-10-8-13-6-4-5-7-14(13)15(17)18/h4-8,10,12,16H,3,9,11H2,1-2H3. The van der Waals surface area contributed by atoms with Gasteiger partial charge >= 0.3 is 0 Å². The molecular formula is C15H20N2O. The van der Waals surface area contributed by atoms with E-state index in [1.54, 1.807) is 4.57 Å². The van der Waals surface area contributed by atoms with Crippen molar-refractivity contribution >= 4 is 10.8 Å². The van der Waals surface area contributed by atoms with Gasteiger partial charge in [0.25, 0.3) is 5.56 Å². The Kier molecular flexibility index (Phi) is 4.15. The summed E-state index contributed by atoms with van der Waals surface area (Å²) in [5, 5.41) is 5.20. The average Bonchev–Trinajstić information content (AvgIpc) is 2.41. The molecule has 3 heteroatoms. The Morgan fingerprint density at radius 1 is 1.28 bits per heavy atom. The molecule has 0 radical (unpaired) electrons. The molecular weight excluding hydrogens is 224 g/mol. The van der Waals surface area contributed by atoms with E-state index in [1.165, 1.54) is 0 Å². The van der Waals surface area contributed by atoms with Crippen molar-refractivity contribution in [1.82, 2.24) is 9.88 Å². The van der Waals surface area contributed by atoms with Gasteiger partial charge in [-0.05, 0) is 30.9 Å². The Labute approximate surface area is 107 Å². The van der Waals surface area contributed by atoms with Crippen molar-refractivity contribution < 1.29 is 0 Å². The number of benzene rings is 1. The second-order valence-electron chi connectivity index (χ2n) is 4.66. The van der Waals surface area contributed by atoms with Crippen LogP contribution in [-0.4, -0.2) is 17.2 Å². The molecule has 1 N–H and O–H groups in total. The molecule has 1 heterocycles. The monoisotopic (exact) mass is 244 g/mol. The van der Waals surface area contributed by atoms with Gasteiger partial charge in [0, 0.05) is 30.7 Å². The minimum absolute atomic E-state index is 0.0963. The van der Waals surface area contributed by atoms with Gasteiger partial charge in [-0.1, -0.05) is 25.1 Å². The van der Waals surface area contributed by atoms with Crippen molar-refractivity contribution in [1.29, 1.82) is 0 Å². The lowest BCUT2D eigenvalue weighted by molar-refractivity contribution is 0.501. The number of hydrogen-bond acceptors (Lipinski definition) is 2. The number of aromatic nitrogens is 1. The smallest absolute Gasteiger partial charge is 0.258 e. The minimum Gasteiger partial charge on any atom is -0.314 e. The summed E-state index contributed by atoms with van der Waals surface area (Å²) in [6.45, 7) is 5.85. The summed E-state index contributed by atoms with van der Waals surface area (Å²) in [5.41, 5.74) is 0.0963. The van der Waals surface area contributed by atoms with Crippen LogP contribution in [0.2, 0.25) is 0 Å². The minimum atomic E-state index is 0.0963. The quantitative estimate of drug-likeness (QED) is 0.876. The molecule has 0 aliphatic heterocycles. The molecule has 18 heavy (non-hydrogen) atoms. The second-order valence-corrected chi connectivity index (χ2v) is 4.66. The fraction of sp³-hybridized carbons (Fsp3) is 0.400. The summed E-state index contributed by atoms with van der Waals surface area (Å²) in [4.78, 5) is 12.2. The molecule has 1 unspecified atom stereocenters. The Balaban J connectivity index is 2.14. The lowest BCUT2D eigenvalue weighted by Gasteiger charge is -2.12. The molecule has 0 fully saturated rings. The molecule has 0 amide bonds. The predicted octanol–water partition coefficient (Wildman–Crippen LogP) is 2.39. The molecule has 0 saturated heterocycles. The number of pyridine rings is 1. The van der Waals surface area contributed by atoms with Crippen molar-refractivity contribution in [2.45, 2.75) is 32.9 Å². The van der Waals surface area contributed by atoms with Crippen molar-refractivity contribution in [3.63, 3.8) is 0 Å². The molecule has 96 valence electrons.